The van der Waals surface area contributed by atoms with Gasteiger partial charge in [-0.25, -0.2) is 4.39 Å². The average Bonchev–Trinajstić information content (AvgIpc) is 2.46. The quantitative estimate of drug-likeness (QED) is 0.763. The summed E-state index contributed by atoms with van der Waals surface area (Å²) in [5.41, 5.74) is 0.388. The molecule has 0 radical (unpaired) electrons. The molecule has 0 unspecified atom stereocenters. The molecule has 0 saturated heterocycles. The van der Waals surface area contributed by atoms with Crippen LogP contribution in [0.5, 0.6) is 11.5 Å². The van der Waals surface area contributed by atoms with Crippen molar-refractivity contribution in [1.82, 2.24) is 0 Å². The van der Waals surface area contributed by atoms with Crippen LogP contribution in [0.4, 0.5) is 4.39 Å². The van der Waals surface area contributed by atoms with Gasteiger partial charge in [-0.3, -0.25) is 4.79 Å². The monoisotopic (exact) mass is 328 g/mol. The van der Waals surface area contributed by atoms with Gasteiger partial charge in [0.25, 0.3) is 0 Å². The van der Waals surface area contributed by atoms with E-state index in [-0.39, 0.29) is 23.2 Å². The highest BCUT2D eigenvalue weighted by atomic mass is 35.5. The van der Waals surface area contributed by atoms with Gasteiger partial charge in [0.2, 0.25) is 0 Å². The minimum Gasteiger partial charge on any atom is -0.495 e. The summed E-state index contributed by atoms with van der Waals surface area (Å²) < 4.78 is 23.2. The maximum Gasteiger partial charge on any atom is 0.200 e. The predicted molar refractivity (Wildman–Crippen MR) is 79.2 cm³/mol. The fourth-order valence-corrected chi connectivity index (χ4v) is 2.14. The Morgan fingerprint density at radius 3 is 2.38 bits per heavy atom. The Balaban J connectivity index is 2.06. The van der Waals surface area contributed by atoms with E-state index in [1.54, 1.807) is 12.1 Å². The molecule has 3 nitrogen and oxygen atoms in total. The number of methoxy groups -OCH3 is 1. The first kappa shape index (κ1) is 15.6. The van der Waals surface area contributed by atoms with Crippen LogP contribution >= 0.6 is 23.2 Å². The number of Topliss-reactive ketones (excluding diaryl/α,β-unsaturated/α-hetero) is 1. The van der Waals surface area contributed by atoms with Crippen molar-refractivity contribution in [1.29, 1.82) is 0 Å². The summed E-state index contributed by atoms with van der Waals surface area (Å²) in [5.74, 6) is -0.0257. The maximum absolute atomic E-state index is 12.9. The Labute approximate surface area is 131 Å². The number of hydrogen-bond acceptors (Lipinski definition) is 3. The van der Waals surface area contributed by atoms with Crippen molar-refractivity contribution in [2.24, 2.45) is 0 Å². The molecule has 0 amide bonds. The van der Waals surface area contributed by atoms with E-state index in [0.29, 0.717) is 16.3 Å². The van der Waals surface area contributed by atoms with E-state index < -0.39 is 5.82 Å². The van der Waals surface area contributed by atoms with Crippen LogP contribution in [-0.2, 0) is 0 Å². The number of carbonyl (C=O) groups is 1. The number of benzene rings is 2. The lowest BCUT2D eigenvalue weighted by Gasteiger charge is -2.08. The Kier molecular flexibility index (Phi) is 5.04. The zero-order chi connectivity index (χ0) is 15.4. The number of halogens is 3. The second-order valence-corrected chi connectivity index (χ2v) is 4.95. The zero-order valence-corrected chi connectivity index (χ0v) is 12.5. The normalized spacial score (nSPS) is 10.3. The molecule has 2 aromatic carbocycles. The summed E-state index contributed by atoms with van der Waals surface area (Å²) in [6.45, 7) is -0.228. The van der Waals surface area contributed by atoms with Gasteiger partial charge in [-0.2, -0.15) is 0 Å². The van der Waals surface area contributed by atoms with Gasteiger partial charge in [-0.15, -0.1) is 0 Å². The molecular formula is C15H11Cl2FO3. The van der Waals surface area contributed by atoms with Crippen molar-refractivity contribution >= 4 is 29.0 Å². The molecule has 2 aromatic rings. The van der Waals surface area contributed by atoms with E-state index >= 15 is 0 Å². The third-order valence-corrected chi connectivity index (χ3v) is 3.32. The number of ether oxygens (including phenoxy) is 2. The van der Waals surface area contributed by atoms with Crippen LogP contribution in [0, 0.1) is 5.82 Å². The highest BCUT2D eigenvalue weighted by Crippen LogP contribution is 2.27. The van der Waals surface area contributed by atoms with Crippen LogP contribution in [0.25, 0.3) is 0 Å². The molecule has 0 spiro atoms. The molecule has 0 aliphatic carbocycles. The van der Waals surface area contributed by atoms with Gasteiger partial charge in [0.15, 0.2) is 12.4 Å². The first-order valence-electron chi connectivity index (χ1n) is 5.96. The molecule has 0 aliphatic heterocycles. The molecule has 0 N–H and O–H groups in total. The largest absolute Gasteiger partial charge is 0.495 e. The van der Waals surface area contributed by atoms with E-state index in [9.17, 15) is 9.18 Å². The molecule has 0 aromatic heterocycles. The molecule has 0 aliphatic rings. The molecule has 6 heteroatoms. The molecular weight excluding hydrogens is 318 g/mol. The number of carbonyl (C=O) groups excluding carboxylic acids is 1. The summed E-state index contributed by atoms with van der Waals surface area (Å²) in [6.07, 6.45) is 0. The lowest BCUT2D eigenvalue weighted by Crippen LogP contribution is -2.11. The fourth-order valence-electron chi connectivity index (χ4n) is 1.66. The predicted octanol–water partition coefficient (Wildman–Crippen LogP) is 4.40. The molecule has 0 saturated carbocycles. The lowest BCUT2D eigenvalue weighted by molar-refractivity contribution is 0.0921. The van der Waals surface area contributed by atoms with Crippen LogP contribution in [0.3, 0.4) is 0 Å². The summed E-state index contributed by atoms with van der Waals surface area (Å²) in [4.78, 5) is 12.0. The Hall–Kier alpha value is -1.78. The summed E-state index contributed by atoms with van der Waals surface area (Å²) in [7, 11) is 1.49. The van der Waals surface area contributed by atoms with Crippen molar-refractivity contribution in [2.45, 2.75) is 0 Å². The van der Waals surface area contributed by atoms with Gasteiger partial charge >= 0.3 is 0 Å². The van der Waals surface area contributed by atoms with Crippen molar-refractivity contribution in [3.63, 3.8) is 0 Å². The zero-order valence-electron chi connectivity index (χ0n) is 11.0. The highest BCUT2D eigenvalue weighted by Gasteiger charge is 2.11. The third-order valence-electron chi connectivity index (χ3n) is 2.73. The SMILES string of the molecule is COc1ccc(C(=O)COc2ccc(F)cc2Cl)cc1Cl. The highest BCUT2D eigenvalue weighted by molar-refractivity contribution is 6.32. The Morgan fingerprint density at radius 2 is 1.76 bits per heavy atom. The average molecular weight is 329 g/mol. The van der Waals surface area contributed by atoms with Crippen LogP contribution in [-0.4, -0.2) is 19.5 Å². The Morgan fingerprint density at radius 1 is 1.10 bits per heavy atom. The van der Waals surface area contributed by atoms with E-state index in [0.717, 1.165) is 6.07 Å². The smallest absolute Gasteiger partial charge is 0.200 e. The standard InChI is InChI=1S/C15H11Cl2FO3/c1-20-14-4-2-9(6-11(14)16)13(19)8-21-15-5-3-10(18)7-12(15)17/h2-7H,8H2,1H3. The van der Waals surface area contributed by atoms with Crippen LogP contribution in [0.2, 0.25) is 10.0 Å². The molecule has 0 fully saturated rings. The van der Waals surface area contributed by atoms with E-state index in [1.807, 2.05) is 0 Å². The fraction of sp³-hybridized carbons (Fsp3) is 0.133. The number of ketones is 1. The maximum atomic E-state index is 12.9. The van der Waals surface area contributed by atoms with Crippen molar-refractivity contribution in [2.75, 3.05) is 13.7 Å². The van der Waals surface area contributed by atoms with Crippen LogP contribution in [0.1, 0.15) is 10.4 Å². The third kappa shape index (κ3) is 3.86. The molecule has 21 heavy (non-hydrogen) atoms. The second kappa shape index (κ2) is 6.78. The van der Waals surface area contributed by atoms with Gasteiger partial charge in [-0.1, -0.05) is 23.2 Å². The Bertz CT molecular complexity index is 674. The topological polar surface area (TPSA) is 35.5 Å². The molecule has 0 atom stereocenters. The molecule has 110 valence electrons. The van der Waals surface area contributed by atoms with Gasteiger partial charge in [0.05, 0.1) is 17.2 Å². The van der Waals surface area contributed by atoms with E-state index in [4.69, 9.17) is 32.7 Å². The van der Waals surface area contributed by atoms with Crippen molar-refractivity contribution in [3.8, 4) is 11.5 Å². The van der Waals surface area contributed by atoms with Gasteiger partial charge in [0, 0.05) is 5.56 Å². The molecule has 0 heterocycles. The first-order valence-corrected chi connectivity index (χ1v) is 6.71. The summed E-state index contributed by atoms with van der Waals surface area (Å²) in [6, 6.07) is 8.37. The minimum atomic E-state index is -0.472. The summed E-state index contributed by atoms with van der Waals surface area (Å²) >= 11 is 11.8. The summed E-state index contributed by atoms with van der Waals surface area (Å²) in [5, 5.41) is 0.443. The second-order valence-electron chi connectivity index (χ2n) is 4.14. The van der Waals surface area contributed by atoms with Crippen molar-refractivity contribution < 1.29 is 18.7 Å². The lowest BCUT2D eigenvalue weighted by atomic mass is 10.1. The number of rotatable bonds is 5. The van der Waals surface area contributed by atoms with Gasteiger partial charge < -0.3 is 9.47 Å². The van der Waals surface area contributed by atoms with Gasteiger partial charge in [0.1, 0.15) is 17.3 Å². The first-order chi connectivity index (χ1) is 10.0. The minimum absolute atomic E-state index is 0.107. The van der Waals surface area contributed by atoms with Crippen molar-refractivity contribution in [3.05, 3.63) is 57.8 Å². The van der Waals surface area contributed by atoms with Crippen LogP contribution in [0.15, 0.2) is 36.4 Å². The van der Waals surface area contributed by atoms with Gasteiger partial charge in [-0.05, 0) is 36.4 Å². The molecule has 0 bridgehead atoms. The van der Waals surface area contributed by atoms with E-state index in [1.165, 1.54) is 25.3 Å². The van der Waals surface area contributed by atoms with Crippen LogP contribution < -0.4 is 9.47 Å². The van der Waals surface area contributed by atoms with E-state index in [2.05, 4.69) is 0 Å². The number of hydrogen-bond donors (Lipinski definition) is 0. The molecule has 2 rings (SSSR count).